The molecule has 2 rings (SSSR count). The highest BCUT2D eigenvalue weighted by Crippen LogP contribution is 2.28. The molecule has 0 radical (unpaired) electrons. The molecule has 0 bridgehead atoms. The van der Waals surface area contributed by atoms with Gasteiger partial charge in [0.2, 0.25) is 0 Å². The quantitative estimate of drug-likeness (QED) is 0.789. The number of rotatable bonds is 2. The lowest BCUT2D eigenvalue weighted by molar-refractivity contribution is 0.778. The Balaban J connectivity index is 2.60. The topological polar surface area (TPSA) is 30.7 Å². The molecule has 2 aromatic rings. The summed E-state index contributed by atoms with van der Waals surface area (Å²) in [7, 11) is 0. The molecule has 0 spiro atoms. The van der Waals surface area contributed by atoms with Crippen molar-refractivity contribution < 1.29 is 0 Å². The number of aryl methyl sites for hydroxylation is 1. The van der Waals surface area contributed by atoms with Crippen LogP contribution in [-0.4, -0.2) is 15.0 Å². The van der Waals surface area contributed by atoms with Gasteiger partial charge in [0.15, 0.2) is 0 Å². The third-order valence-electron chi connectivity index (χ3n) is 2.21. The predicted molar refractivity (Wildman–Crippen MR) is 68.4 cm³/mol. The maximum atomic E-state index is 6.08. The van der Waals surface area contributed by atoms with Crippen LogP contribution in [0.25, 0.3) is 5.69 Å². The van der Waals surface area contributed by atoms with Gasteiger partial charge in [0.1, 0.15) is 0 Å². The monoisotopic (exact) mass is 319 g/mol. The van der Waals surface area contributed by atoms with Crippen LogP contribution in [0.15, 0.2) is 22.8 Å². The van der Waals surface area contributed by atoms with Gasteiger partial charge in [-0.1, -0.05) is 16.8 Å². The Bertz CT molecular complexity index is 525. The van der Waals surface area contributed by atoms with E-state index in [1.807, 2.05) is 19.1 Å². The highest BCUT2D eigenvalue weighted by atomic mass is 79.9. The molecule has 0 aliphatic rings. The molecule has 0 saturated heterocycles. The van der Waals surface area contributed by atoms with Gasteiger partial charge in [-0.05, 0) is 40.5 Å². The molecule has 0 atom stereocenters. The first-order valence-electron chi connectivity index (χ1n) is 4.55. The minimum atomic E-state index is 0.352. The standard InChI is InChI=1S/C10H8BrCl2N3/c1-6-2-8(11)10(3-9(6)13)16-7(4-12)5-14-15-16/h2-3,5H,4H2,1H3. The fourth-order valence-corrected chi connectivity index (χ4v) is 2.31. The normalized spacial score (nSPS) is 10.8. The van der Waals surface area contributed by atoms with Gasteiger partial charge >= 0.3 is 0 Å². The van der Waals surface area contributed by atoms with Crippen LogP contribution in [0.3, 0.4) is 0 Å². The zero-order valence-corrected chi connectivity index (χ0v) is 11.5. The third-order valence-corrected chi connectivity index (χ3v) is 3.53. The maximum absolute atomic E-state index is 6.08. The molecule has 1 aromatic heterocycles. The van der Waals surface area contributed by atoms with Crippen LogP contribution in [-0.2, 0) is 5.88 Å². The number of benzene rings is 1. The Morgan fingerprint density at radius 3 is 2.88 bits per heavy atom. The third kappa shape index (κ3) is 2.10. The van der Waals surface area contributed by atoms with Crippen molar-refractivity contribution in [2.45, 2.75) is 12.8 Å². The van der Waals surface area contributed by atoms with Gasteiger partial charge in [-0.15, -0.1) is 16.7 Å². The van der Waals surface area contributed by atoms with Crippen molar-refractivity contribution in [1.29, 1.82) is 0 Å². The van der Waals surface area contributed by atoms with E-state index in [1.165, 1.54) is 0 Å². The molecule has 0 aliphatic heterocycles. The van der Waals surface area contributed by atoms with E-state index >= 15 is 0 Å². The predicted octanol–water partition coefficient (Wildman–Crippen LogP) is 3.73. The minimum absolute atomic E-state index is 0.352. The average Bonchev–Trinajstić information content (AvgIpc) is 2.71. The molecule has 0 N–H and O–H groups in total. The van der Waals surface area contributed by atoms with Crippen LogP contribution in [0.4, 0.5) is 0 Å². The van der Waals surface area contributed by atoms with Crippen LogP contribution >= 0.6 is 39.1 Å². The van der Waals surface area contributed by atoms with E-state index < -0.39 is 0 Å². The number of halogens is 3. The Labute approximate surface area is 111 Å². The zero-order chi connectivity index (χ0) is 11.7. The summed E-state index contributed by atoms with van der Waals surface area (Å²) in [6.07, 6.45) is 1.63. The molecule has 1 aromatic carbocycles. The Morgan fingerprint density at radius 2 is 2.19 bits per heavy atom. The van der Waals surface area contributed by atoms with E-state index in [9.17, 15) is 0 Å². The molecule has 0 fully saturated rings. The van der Waals surface area contributed by atoms with Gasteiger partial charge in [-0.25, -0.2) is 4.68 Å². The molecular weight excluding hydrogens is 313 g/mol. The first-order chi connectivity index (χ1) is 7.63. The van der Waals surface area contributed by atoms with E-state index in [4.69, 9.17) is 23.2 Å². The van der Waals surface area contributed by atoms with Crippen LogP contribution in [0.5, 0.6) is 0 Å². The molecule has 84 valence electrons. The molecule has 0 aliphatic carbocycles. The van der Waals surface area contributed by atoms with Gasteiger partial charge in [0.05, 0.1) is 23.5 Å². The van der Waals surface area contributed by atoms with Crippen LogP contribution < -0.4 is 0 Å². The van der Waals surface area contributed by atoms with E-state index in [0.29, 0.717) is 10.9 Å². The second-order valence-electron chi connectivity index (χ2n) is 3.32. The maximum Gasteiger partial charge on any atom is 0.0824 e. The van der Waals surface area contributed by atoms with Crippen molar-refractivity contribution in [1.82, 2.24) is 15.0 Å². The van der Waals surface area contributed by atoms with Crippen molar-refractivity contribution in [3.63, 3.8) is 0 Å². The van der Waals surface area contributed by atoms with Gasteiger partial charge in [0.25, 0.3) is 0 Å². The highest BCUT2D eigenvalue weighted by Gasteiger charge is 2.10. The van der Waals surface area contributed by atoms with Crippen molar-refractivity contribution in [2.24, 2.45) is 0 Å². The first kappa shape index (κ1) is 11.9. The van der Waals surface area contributed by atoms with Gasteiger partial charge in [-0.3, -0.25) is 0 Å². The average molecular weight is 321 g/mol. The number of aromatic nitrogens is 3. The van der Waals surface area contributed by atoms with Crippen molar-refractivity contribution in [3.05, 3.63) is 39.1 Å². The molecule has 1 heterocycles. The molecule has 6 heteroatoms. The lowest BCUT2D eigenvalue weighted by Gasteiger charge is -2.08. The number of hydrogen-bond acceptors (Lipinski definition) is 2. The summed E-state index contributed by atoms with van der Waals surface area (Å²) < 4.78 is 2.58. The Morgan fingerprint density at radius 1 is 1.44 bits per heavy atom. The van der Waals surface area contributed by atoms with Crippen molar-refractivity contribution in [3.8, 4) is 5.69 Å². The van der Waals surface area contributed by atoms with E-state index in [-0.39, 0.29) is 0 Å². The highest BCUT2D eigenvalue weighted by molar-refractivity contribution is 9.10. The van der Waals surface area contributed by atoms with Crippen molar-refractivity contribution in [2.75, 3.05) is 0 Å². The number of hydrogen-bond donors (Lipinski definition) is 0. The summed E-state index contributed by atoms with van der Waals surface area (Å²) >= 11 is 15.4. The van der Waals surface area contributed by atoms with Crippen molar-refractivity contribution >= 4 is 39.1 Å². The summed E-state index contributed by atoms with van der Waals surface area (Å²) in [6, 6.07) is 3.78. The largest absolute Gasteiger partial charge is 0.215 e. The number of alkyl halides is 1. The van der Waals surface area contributed by atoms with Crippen LogP contribution in [0.1, 0.15) is 11.3 Å². The molecule has 16 heavy (non-hydrogen) atoms. The SMILES string of the molecule is Cc1cc(Br)c(-n2nncc2CCl)cc1Cl. The Kier molecular flexibility index (Phi) is 3.52. The molecule has 0 unspecified atom stereocenters. The molecular formula is C10H8BrCl2N3. The Hall–Kier alpha value is -0.580. The summed E-state index contributed by atoms with van der Waals surface area (Å²) in [4.78, 5) is 0. The fourth-order valence-electron chi connectivity index (χ4n) is 1.35. The lowest BCUT2D eigenvalue weighted by Crippen LogP contribution is -2.02. The molecule has 3 nitrogen and oxygen atoms in total. The van der Waals surface area contributed by atoms with Gasteiger partial charge in [0, 0.05) is 9.50 Å². The first-order valence-corrected chi connectivity index (χ1v) is 6.25. The van der Waals surface area contributed by atoms with Gasteiger partial charge in [-0.2, -0.15) is 0 Å². The minimum Gasteiger partial charge on any atom is -0.215 e. The summed E-state index contributed by atoms with van der Waals surface area (Å²) in [6.45, 7) is 1.95. The van der Waals surface area contributed by atoms with Gasteiger partial charge < -0.3 is 0 Å². The zero-order valence-electron chi connectivity index (χ0n) is 8.41. The summed E-state index contributed by atoms with van der Waals surface area (Å²) in [5.74, 6) is 0.352. The fraction of sp³-hybridized carbons (Fsp3) is 0.200. The van der Waals surface area contributed by atoms with E-state index in [2.05, 4.69) is 26.2 Å². The van der Waals surface area contributed by atoms with E-state index in [0.717, 1.165) is 21.4 Å². The second kappa shape index (κ2) is 4.73. The summed E-state index contributed by atoms with van der Waals surface area (Å²) in [5.41, 5.74) is 2.66. The van der Waals surface area contributed by atoms with Crippen LogP contribution in [0, 0.1) is 6.92 Å². The summed E-state index contributed by atoms with van der Waals surface area (Å²) in [5, 5.41) is 8.50. The molecule has 0 amide bonds. The van der Waals surface area contributed by atoms with Crippen LogP contribution in [0.2, 0.25) is 5.02 Å². The smallest absolute Gasteiger partial charge is 0.0824 e. The second-order valence-corrected chi connectivity index (χ2v) is 4.85. The van der Waals surface area contributed by atoms with E-state index in [1.54, 1.807) is 10.9 Å². The lowest BCUT2D eigenvalue weighted by atomic mass is 10.2. The number of nitrogens with zero attached hydrogens (tertiary/aromatic N) is 3. The molecule has 0 saturated carbocycles.